The first-order valence-corrected chi connectivity index (χ1v) is 9.65. The first kappa shape index (κ1) is 19.6. The molecule has 0 aliphatic heterocycles. The van der Waals surface area contributed by atoms with Crippen LogP contribution in [0.25, 0.3) is 16.1 Å². The Morgan fingerprint density at radius 2 is 1.89 bits per heavy atom. The molecule has 1 atom stereocenters. The van der Waals surface area contributed by atoms with Gasteiger partial charge in [-0.2, -0.15) is 0 Å². The topological polar surface area (TPSA) is 68.7 Å². The number of carboxylic acids is 1. The van der Waals surface area contributed by atoms with Crippen LogP contribution in [-0.4, -0.2) is 23.2 Å². The van der Waals surface area contributed by atoms with Gasteiger partial charge in [-0.15, -0.1) is 11.3 Å². The van der Waals surface area contributed by atoms with Crippen molar-refractivity contribution in [3.8, 4) is 16.3 Å². The fourth-order valence-electron chi connectivity index (χ4n) is 2.73. The van der Waals surface area contributed by atoms with E-state index in [9.17, 15) is 9.90 Å². The number of aliphatic carboxylic acids is 1. The molecule has 0 bridgehead atoms. The minimum atomic E-state index is -0.926. The Labute approximate surface area is 167 Å². The van der Waals surface area contributed by atoms with Crippen molar-refractivity contribution < 1.29 is 19.4 Å². The molecular weight excluding hydrogens is 374 g/mol. The van der Waals surface area contributed by atoms with Gasteiger partial charge in [-0.1, -0.05) is 48.5 Å². The summed E-state index contributed by atoms with van der Waals surface area (Å²) >= 11 is 1.57. The molecule has 0 spiro atoms. The van der Waals surface area contributed by atoms with Gasteiger partial charge in [-0.25, -0.2) is 4.98 Å². The van der Waals surface area contributed by atoms with Crippen molar-refractivity contribution in [1.29, 1.82) is 0 Å². The molecule has 1 N–H and O–H groups in total. The van der Waals surface area contributed by atoms with E-state index in [1.54, 1.807) is 18.3 Å². The SMILES string of the molecule is COC=C(c1ccccc1OCc1csc(-c2ccccc2)n1)C(C)C(=O)O. The standard InChI is InChI=1S/C22H21NO4S/c1-15(22(24)25)19(13-26-2)18-10-6-7-11-20(18)27-12-17-14-28-21(23-17)16-8-4-3-5-9-16/h3-11,13-15H,12H2,1-2H3,(H,24,25). The minimum Gasteiger partial charge on any atom is -0.504 e. The highest BCUT2D eigenvalue weighted by molar-refractivity contribution is 7.13. The summed E-state index contributed by atoms with van der Waals surface area (Å²) in [6.45, 7) is 1.92. The molecule has 0 aliphatic rings. The molecule has 0 amide bonds. The molecule has 0 aliphatic carbocycles. The highest BCUT2D eigenvalue weighted by Crippen LogP contribution is 2.32. The first-order valence-electron chi connectivity index (χ1n) is 8.78. The number of thiazole rings is 1. The highest BCUT2D eigenvalue weighted by atomic mass is 32.1. The van der Waals surface area contributed by atoms with Gasteiger partial charge in [0, 0.05) is 22.1 Å². The van der Waals surface area contributed by atoms with Crippen molar-refractivity contribution in [1.82, 2.24) is 4.98 Å². The van der Waals surface area contributed by atoms with E-state index in [1.165, 1.54) is 13.4 Å². The Hall–Kier alpha value is -3.12. The molecule has 0 saturated heterocycles. The van der Waals surface area contributed by atoms with Crippen LogP contribution in [0.3, 0.4) is 0 Å². The third-order valence-electron chi connectivity index (χ3n) is 4.23. The normalized spacial score (nSPS) is 12.4. The van der Waals surface area contributed by atoms with Crippen LogP contribution in [0.2, 0.25) is 0 Å². The molecule has 3 aromatic rings. The smallest absolute Gasteiger partial charge is 0.310 e. The Morgan fingerprint density at radius 3 is 2.61 bits per heavy atom. The fraction of sp³-hybridized carbons (Fsp3) is 0.182. The lowest BCUT2D eigenvalue weighted by Crippen LogP contribution is -2.12. The average Bonchev–Trinajstić information content (AvgIpc) is 3.20. The van der Waals surface area contributed by atoms with Crippen LogP contribution < -0.4 is 4.74 Å². The van der Waals surface area contributed by atoms with Crippen LogP contribution in [0.1, 0.15) is 18.2 Å². The second-order valence-corrected chi connectivity index (χ2v) is 7.02. The van der Waals surface area contributed by atoms with Gasteiger partial charge in [0.15, 0.2) is 0 Å². The Kier molecular flexibility index (Phi) is 6.45. The van der Waals surface area contributed by atoms with E-state index >= 15 is 0 Å². The lowest BCUT2D eigenvalue weighted by molar-refractivity contribution is -0.139. The number of para-hydroxylation sites is 1. The molecule has 0 radical (unpaired) electrons. The summed E-state index contributed by atoms with van der Waals surface area (Å²) < 4.78 is 11.1. The zero-order chi connectivity index (χ0) is 19.9. The number of hydrogen-bond acceptors (Lipinski definition) is 5. The highest BCUT2D eigenvalue weighted by Gasteiger charge is 2.21. The van der Waals surface area contributed by atoms with Crippen LogP contribution in [0.5, 0.6) is 5.75 Å². The van der Waals surface area contributed by atoms with Crippen LogP contribution in [-0.2, 0) is 16.1 Å². The maximum absolute atomic E-state index is 11.5. The predicted molar refractivity (Wildman–Crippen MR) is 110 cm³/mol. The van der Waals surface area contributed by atoms with Gasteiger partial charge in [-0.05, 0) is 13.0 Å². The van der Waals surface area contributed by atoms with Crippen LogP contribution in [0.4, 0.5) is 0 Å². The molecule has 28 heavy (non-hydrogen) atoms. The summed E-state index contributed by atoms with van der Waals surface area (Å²) in [6.07, 6.45) is 1.46. The van der Waals surface area contributed by atoms with Crippen molar-refractivity contribution in [2.45, 2.75) is 13.5 Å². The van der Waals surface area contributed by atoms with Gasteiger partial charge in [0.25, 0.3) is 0 Å². The number of carboxylic acid groups (broad SMARTS) is 1. The molecule has 2 aromatic carbocycles. The van der Waals surface area contributed by atoms with Crippen LogP contribution >= 0.6 is 11.3 Å². The van der Waals surface area contributed by atoms with Crippen LogP contribution in [0, 0.1) is 5.92 Å². The monoisotopic (exact) mass is 395 g/mol. The molecule has 3 rings (SSSR count). The number of carbonyl (C=O) groups is 1. The maximum atomic E-state index is 11.5. The third-order valence-corrected chi connectivity index (χ3v) is 5.17. The predicted octanol–water partition coefficient (Wildman–Crippen LogP) is 5.10. The molecule has 0 saturated carbocycles. The number of benzene rings is 2. The van der Waals surface area contributed by atoms with Crippen molar-refractivity contribution in [3.05, 3.63) is 77.5 Å². The summed E-state index contributed by atoms with van der Waals surface area (Å²) in [5.74, 6) is -1.06. The summed E-state index contributed by atoms with van der Waals surface area (Å²) in [7, 11) is 1.50. The first-order chi connectivity index (χ1) is 13.6. The van der Waals surface area contributed by atoms with E-state index in [4.69, 9.17) is 9.47 Å². The molecule has 1 aromatic heterocycles. The number of methoxy groups -OCH3 is 1. The number of rotatable bonds is 8. The fourth-order valence-corrected chi connectivity index (χ4v) is 3.54. The number of nitrogens with zero attached hydrogens (tertiary/aromatic N) is 1. The van der Waals surface area contributed by atoms with E-state index in [-0.39, 0.29) is 0 Å². The van der Waals surface area contributed by atoms with E-state index in [0.717, 1.165) is 16.3 Å². The van der Waals surface area contributed by atoms with E-state index < -0.39 is 11.9 Å². The molecule has 1 unspecified atom stereocenters. The lowest BCUT2D eigenvalue weighted by atomic mass is 9.94. The second kappa shape index (κ2) is 9.19. The van der Waals surface area contributed by atoms with Crippen LogP contribution in [0.15, 0.2) is 66.2 Å². The second-order valence-electron chi connectivity index (χ2n) is 6.16. The Bertz CT molecular complexity index is 965. The lowest BCUT2D eigenvalue weighted by Gasteiger charge is -2.16. The number of aromatic nitrogens is 1. The molecule has 6 heteroatoms. The maximum Gasteiger partial charge on any atom is 0.310 e. The summed E-state index contributed by atoms with van der Waals surface area (Å²) in [6, 6.07) is 17.3. The molecule has 1 heterocycles. The van der Waals surface area contributed by atoms with Gasteiger partial charge in [0.2, 0.25) is 0 Å². The van der Waals surface area contributed by atoms with Gasteiger partial charge in [-0.3, -0.25) is 4.79 Å². The van der Waals surface area contributed by atoms with Gasteiger partial charge in [0.1, 0.15) is 17.4 Å². The molecular formula is C22H21NO4S. The van der Waals surface area contributed by atoms with Crippen molar-refractivity contribution in [3.63, 3.8) is 0 Å². The third kappa shape index (κ3) is 4.58. The van der Waals surface area contributed by atoms with Crippen molar-refractivity contribution >= 4 is 22.9 Å². The van der Waals surface area contributed by atoms with E-state index in [0.29, 0.717) is 23.5 Å². The van der Waals surface area contributed by atoms with E-state index in [1.807, 2.05) is 60.0 Å². The Balaban J connectivity index is 1.80. The quantitative estimate of drug-likeness (QED) is 0.538. The zero-order valence-electron chi connectivity index (χ0n) is 15.7. The van der Waals surface area contributed by atoms with Gasteiger partial charge >= 0.3 is 5.97 Å². The molecule has 144 valence electrons. The summed E-state index contributed by atoms with van der Waals surface area (Å²) in [4.78, 5) is 16.1. The van der Waals surface area contributed by atoms with Crippen molar-refractivity contribution in [2.75, 3.05) is 7.11 Å². The summed E-state index contributed by atoms with van der Waals surface area (Å²) in [5.41, 5.74) is 3.13. The number of ether oxygens (including phenoxy) is 2. The minimum absolute atomic E-state index is 0.294. The number of hydrogen-bond donors (Lipinski definition) is 1. The molecule has 5 nitrogen and oxygen atoms in total. The Morgan fingerprint density at radius 1 is 1.18 bits per heavy atom. The summed E-state index contributed by atoms with van der Waals surface area (Å²) in [5, 5.41) is 12.3. The van der Waals surface area contributed by atoms with Crippen molar-refractivity contribution in [2.24, 2.45) is 5.92 Å². The van der Waals surface area contributed by atoms with E-state index in [2.05, 4.69) is 4.98 Å². The zero-order valence-corrected chi connectivity index (χ0v) is 16.5. The van der Waals surface area contributed by atoms with Gasteiger partial charge in [0.05, 0.1) is 25.0 Å². The molecule has 0 fully saturated rings. The average molecular weight is 395 g/mol. The largest absolute Gasteiger partial charge is 0.504 e. The van der Waals surface area contributed by atoms with Gasteiger partial charge < -0.3 is 14.6 Å².